The first-order chi connectivity index (χ1) is 9.56. The number of benzene rings is 2. The van der Waals surface area contributed by atoms with Gasteiger partial charge in [-0.3, -0.25) is 0 Å². The smallest absolute Gasteiger partial charge is 0.137 e. The van der Waals surface area contributed by atoms with E-state index in [4.69, 9.17) is 5.73 Å². The van der Waals surface area contributed by atoms with Crippen molar-refractivity contribution in [2.24, 2.45) is 5.73 Å². The van der Waals surface area contributed by atoms with Gasteiger partial charge in [-0.15, -0.1) is 11.8 Å². The first-order valence-electron chi connectivity index (χ1n) is 6.13. The molecule has 0 aliphatic carbocycles. The Morgan fingerprint density at radius 2 is 1.90 bits per heavy atom. The van der Waals surface area contributed by atoms with E-state index in [0.29, 0.717) is 16.6 Å². The summed E-state index contributed by atoms with van der Waals surface area (Å²) in [5, 5.41) is 0. The highest BCUT2D eigenvalue weighted by molar-refractivity contribution is 9.10. The van der Waals surface area contributed by atoms with Crippen LogP contribution >= 0.6 is 27.7 Å². The van der Waals surface area contributed by atoms with E-state index in [0.717, 1.165) is 10.5 Å². The van der Waals surface area contributed by atoms with Gasteiger partial charge < -0.3 is 5.73 Å². The van der Waals surface area contributed by atoms with Crippen LogP contribution in [0, 0.1) is 11.6 Å². The average Bonchev–Trinajstić information content (AvgIpc) is 2.42. The summed E-state index contributed by atoms with van der Waals surface area (Å²) in [5.41, 5.74) is 6.90. The second-order valence-electron chi connectivity index (χ2n) is 4.45. The Labute approximate surface area is 129 Å². The summed E-state index contributed by atoms with van der Waals surface area (Å²) in [6.45, 7) is 0. The maximum Gasteiger partial charge on any atom is 0.137 e. The van der Waals surface area contributed by atoms with Gasteiger partial charge in [0.25, 0.3) is 0 Å². The average molecular weight is 358 g/mol. The van der Waals surface area contributed by atoms with Crippen LogP contribution in [0.25, 0.3) is 0 Å². The van der Waals surface area contributed by atoms with Crippen LogP contribution in [0.4, 0.5) is 8.78 Å². The minimum Gasteiger partial charge on any atom is -0.327 e. The number of thioether (sulfide) groups is 1. The molecule has 2 rings (SSSR count). The number of hydrogen-bond acceptors (Lipinski definition) is 2. The molecule has 20 heavy (non-hydrogen) atoms. The lowest BCUT2D eigenvalue weighted by Crippen LogP contribution is -2.25. The van der Waals surface area contributed by atoms with Crippen molar-refractivity contribution in [2.75, 3.05) is 5.75 Å². The summed E-state index contributed by atoms with van der Waals surface area (Å²) >= 11 is 4.73. The molecule has 1 nitrogen and oxygen atoms in total. The van der Waals surface area contributed by atoms with Gasteiger partial charge in [0.05, 0.1) is 4.47 Å². The van der Waals surface area contributed by atoms with Crippen molar-refractivity contribution in [3.8, 4) is 0 Å². The van der Waals surface area contributed by atoms with Gasteiger partial charge in [0.1, 0.15) is 11.6 Å². The zero-order valence-corrected chi connectivity index (χ0v) is 13.1. The third kappa shape index (κ3) is 4.30. The fourth-order valence-electron chi connectivity index (χ4n) is 1.81. The van der Waals surface area contributed by atoms with E-state index >= 15 is 0 Å². The Kier molecular flexibility index (Phi) is 5.57. The van der Waals surface area contributed by atoms with E-state index in [-0.39, 0.29) is 17.7 Å². The molecule has 0 amide bonds. The molecule has 2 N–H and O–H groups in total. The molecule has 0 aliphatic heterocycles. The lowest BCUT2D eigenvalue weighted by Gasteiger charge is -2.13. The van der Waals surface area contributed by atoms with Gasteiger partial charge >= 0.3 is 0 Å². The second-order valence-corrected chi connectivity index (χ2v) is 6.33. The molecule has 2 aromatic carbocycles. The number of halogens is 3. The number of nitrogens with two attached hydrogens (primary N) is 1. The van der Waals surface area contributed by atoms with Gasteiger partial charge in [0.15, 0.2) is 0 Å². The van der Waals surface area contributed by atoms with E-state index in [1.807, 2.05) is 12.1 Å². The predicted octanol–water partition coefficient (Wildman–Crippen LogP) is 4.39. The van der Waals surface area contributed by atoms with Crippen molar-refractivity contribution in [1.82, 2.24) is 0 Å². The van der Waals surface area contributed by atoms with Crippen molar-refractivity contribution in [2.45, 2.75) is 17.4 Å². The highest BCUT2D eigenvalue weighted by Gasteiger charge is 2.10. The Balaban J connectivity index is 1.92. The quantitative estimate of drug-likeness (QED) is 0.803. The van der Waals surface area contributed by atoms with E-state index in [1.54, 1.807) is 12.1 Å². The Hall–Kier alpha value is -0.910. The third-order valence-corrected chi connectivity index (χ3v) is 4.84. The maximum absolute atomic E-state index is 13.4. The summed E-state index contributed by atoms with van der Waals surface area (Å²) in [6, 6.07) is 11.2. The molecule has 0 saturated heterocycles. The molecule has 0 radical (unpaired) electrons. The molecule has 5 heteroatoms. The molecule has 1 atom stereocenters. The van der Waals surface area contributed by atoms with Crippen molar-refractivity contribution in [3.05, 3.63) is 64.1 Å². The minimum atomic E-state index is -0.285. The topological polar surface area (TPSA) is 26.0 Å². The van der Waals surface area contributed by atoms with E-state index in [2.05, 4.69) is 15.9 Å². The van der Waals surface area contributed by atoms with E-state index in [1.165, 1.54) is 30.0 Å². The summed E-state index contributed by atoms with van der Waals surface area (Å²) in [5.74, 6) is 0.107. The predicted molar refractivity (Wildman–Crippen MR) is 82.9 cm³/mol. The van der Waals surface area contributed by atoms with E-state index < -0.39 is 0 Å². The van der Waals surface area contributed by atoms with Crippen LogP contribution in [0.1, 0.15) is 5.56 Å². The molecule has 1 unspecified atom stereocenters. The van der Waals surface area contributed by atoms with Crippen LogP contribution in [0.15, 0.2) is 51.8 Å². The molecule has 0 saturated carbocycles. The van der Waals surface area contributed by atoms with Gasteiger partial charge in [-0.1, -0.05) is 18.2 Å². The molecule has 0 bridgehead atoms. The molecule has 0 spiro atoms. The van der Waals surface area contributed by atoms with Crippen molar-refractivity contribution in [1.29, 1.82) is 0 Å². The van der Waals surface area contributed by atoms with Crippen LogP contribution in [-0.4, -0.2) is 11.8 Å². The zero-order chi connectivity index (χ0) is 14.5. The minimum absolute atomic E-state index is 0.124. The fraction of sp³-hybridized carbons (Fsp3) is 0.200. The summed E-state index contributed by atoms with van der Waals surface area (Å²) in [4.78, 5) is 0.846. The third-order valence-electron chi connectivity index (χ3n) is 2.77. The largest absolute Gasteiger partial charge is 0.327 e. The van der Waals surface area contributed by atoms with Crippen LogP contribution in [0.3, 0.4) is 0 Å². The van der Waals surface area contributed by atoms with Gasteiger partial charge in [0.2, 0.25) is 0 Å². The van der Waals surface area contributed by atoms with Crippen LogP contribution in [-0.2, 0) is 6.42 Å². The highest BCUT2D eigenvalue weighted by atomic mass is 79.9. The molecule has 0 heterocycles. The van der Waals surface area contributed by atoms with Crippen molar-refractivity contribution < 1.29 is 8.78 Å². The Morgan fingerprint density at radius 1 is 1.15 bits per heavy atom. The van der Waals surface area contributed by atoms with Gasteiger partial charge in [-0.25, -0.2) is 8.78 Å². The standard InChI is InChI=1S/C15H14BrF2NS/c16-15-10(3-1-6-14(15)18)7-12(19)9-20-13-5-2-4-11(17)8-13/h1-6,8,12H,7,9,19H2. The highest BCUT2D eigenvalue weighted by Crippen LogP contribution is 2.24. The normalized spacial score (nSPS) is 12.4. The number of hydrogen-bond donors (Lipinski definition) is 1. The van der Waals surface area contributed by atoms with Crippen molar-refractivity contribution in [3.63, 3.8) is 0 Å². The maximum atomic E-state index is 13.4. The Morgan fingerprint density at radius 3 is 2.65 bits per heavy atom. The van der Waals surface area contributed by atoms with Crippen molar-refractivity contribution >= 4 is 27.7 Å². The first-order valence-corrected chi connectivity index (χ1v) is 7.91. The zero-order valence-electron chi connectivity index (χ0n) is 10.7. The lowest BCUT2D eigenvalue weighted by atomic mass is 10.1. The van der Waals surface area contributed by atoms with E-state index in [9.17, 15) is 8.78 Å². The first kappa shape index (κ1) is 15.5. The summed E-state index contributed by atoms with van der Waals surface area (Å²) < 4.78 is 26.9. The summed E-state index contributed by atoms with van der Waals surface area (Å²) in [6.07, 6.45) is 0.570. The molecule has 0 aromatic heterocycles. The Bertz CT molecular complexity index is 592. The second kappa shape index (κ2) is 7.20. The monoisotopic (exact) mass is 357 g/mol. The molecular formula is C15H14BrF2NS. The molecular weight excluding hydrogens is 344 g/mol. The van der Waals surface area contributed by atoms with Crippen LogP contribution in [0.2, 0.25) is 0 Å². The SMILES string of the molecule is NC(CSc1cccc(F)c1)Cc1cccc(F)c1Br. The lowest BCUT2D eigenvalue weighted by molar-refractivity contribution is 0.615. The molecule has 0 fully saturated rings. The van der Waals surface area contributed by atoms with Crippen LogP contribution in [0.5, 0.6) is 0 Å². The molecule has 0 aliphatic rings. The van der Waals surface area contributed by atoms with Crippen LogP contribution < -0.4 is 5.73 Å². The van der Waals surface area contributed by atoms with Gasteiger partial charge in [-0.05, 0) is 52.2 Å². The van der Waals surface area contributed by atoms with Gasteiger partial charge in [0, 0.05) is 16.7 Å². The van der Waals surface area contributed by atoms with Gasteiger partial charge in [-0.2, -0.15) is 0 Å². The molecule has 2 aromatic rings. The summed E-state index contributed by atoms with van der Waals surface area (Å²) in [7, 11) is 0. The number of rotatable bonds is 5. The fourth-order valence-corrected chi connectivity index (χ4v) is 3.13. The molecule has 106 valence electrons.